The second kappa shape index (κ2) is 10.9. The van der Waals surface area contributed by atoms with Crippen LogP contribution in [-0.2, 0) is 13.1 Å². The van der Waals surface area contributed by atoms with Gasteiger partial charge in [0.1, 0.15) is 5.75 Å². The molecule has 1 saturated carbocycles. The number of hydrogen-bond donors (Lipinski definition) is 2. The summed E-state index contributed by atoms with van der Waals surface area (Å²) in [6, 6.07) is 8.02. The molecule has 2 aromatic rings. The van der Waals surface area contributed by atoms with Crippen molar-refractivity contribution in [2.24, 2.45) is 0 Å². The standard InChI is InChI=1S/C22H32N4O3/c1-2-29-21-10-4-18(5-11-21)16-26(14-3-13-25-15-12-23-17-25)22(28)24-19-6-8-20(27)9-7-19/h4-5,10-12,15,17,19-20,27H,2-3,6-9,13-14,16H2,1H3,(H,24,28). The Morgan fingerprint density at radius 2 is 2.03 bits per heavy atom. The van der Waals surface area contributed by atoms with E-state index in [0.717, 1.165) is 50.0 Å². The highest BCUT2D eigenvalue weighted by Gasteiger charge is 2.23. The molecule has 0 radical (unpaired) electrons. The van der Waals surface area contributed by atoms with Gasteiger partial charge in [-0.05, 0) is 56.7 Å². The lowest BCUT2D eigenvalue weighted by Gasteiger charge is -2.30. The zero-order chi connectivity index (χ0) is 20.5. The van der Waals surface area contributed by atoms with E-state index < -0.39 is 0 Å². The van der Waals surface area contributed by atoms with E-state index in [4.69, 9.17) is 4.74 Å². The number of ether oxygens (including phenoxy) is 1. The second-order valence-corrected chi connectivity index (χ2v) is 7.61. The van der Waals surface area contributed by atoms with Gasteiger partial charge in [-0.2, -0.15) is 0 Å². The number of hydrogen-bond acceptors (Lipinski definition) is 4. The summed E-state index contributed by atoms with van der Waals surface area (Å²) in [6.45, 7) is 4.63. The highest BCUT2D eigenvalue weighted by atomic mass is 16.5. The van der Waals surface area contributed by atoms with E-state index in [0.29, 0.717) is 19.7 Å². The Kier molecular flexibility index (Phi) is 7.93. The van der Waals surface area contributed by atoms with Crippen molar-refractivity contribution < 1.29 is 14.6 Å². The average Bonchev–Trinajstić information content (AvgIpc) is 3.24. The topological polar surface area (TPSA) is 79.6 Å². The van der Waals surface area contributed by atoms with Gasteiger partial charge in [0.25, 0.3) is 0 Å². The van der Waals surface area contributed by atoms with Gasteiger partial charge in [0.15, 0.2) is 0 Å². The summed E-state index contributed by atoms with van der Waals surface area (Å²) < 4.78 is 7.53. The van der Waals surface area contributed by atoms with E-state index in [1.54, 1.807) is 12.5 Å². The van der Waals surface area contributed by atoms with E-state index in [1.165, 1.54) is 0 Å². The van der Waals surface area contributed by atoms with E-state index in [-0.39, 0.29) is 18.2 Å². The fraction of sp³-hybridized carbons (Fsp3) is 0.545. The minimum Gasteiger partial charge on any atom is -0.494 e. The fourth-order valence-electron chi connectivity index (χ4n) is 3.68. The summed E-state index contributed by atoms with van der Waals surface area (Å²) in [4.78, 5) is 18.9. The van der Waals surface area contributed by atoms with Crippen molar-refractivity contribution in [2.75, 3.05) is 13.2 Å². The zero-order valence-electron chi connectivity index (χ0n) is 17.2. The van der Waals surface area contributed by atoms with Crippen molar-refractivity contribution in [1.29, 1.82) is 0 Å². The van der Waals surface area contributed by atoms with Crippen molar-refractivity contribution >= 4 is 6.03 Å². The van der Waals surface area contributed by atoms with Gasteiger partial charge < -0.3 is 24.6 Å². The molecular weight excluding hydrogens is 368 g/mol. The molecule has 0 spiro atoms. The van der Waals surface area contributed by atoms with Crippen LogP contribution in [-0.4, -0.2) is 50.9 Å². The third kappa shape index (κ3) is 6.78. The number of aliphatic hydroxyl groups is 1. The molecule has 1 aromatic carbocycles. The van der Waals surface area contributed by atoms with E-state index in [1.807, 2.05) is 46.9 Å². The second-order valence-electron chi connectivity index (χ2n) is 7.61. The number of aryl methyl sites for hydroxylation is 1. The highest BCUT2D eigenvalue weighted by Crippen LogP contribution is 2.19. The lowest BCUT2D eigenvalue weighted by molar-refractivity contribution is 0.115. The number of nitrogens with zero attached hydrogens (tertiary/aromatic N) is 3. The van der Waals surface area contributed by atoms with Crippen LogP contribution in [0.5, 0.6) is 5.75 Å². The molecule has 1 aromatic heterocycles. The van der Waals surface area contributed by atoms with Gasteiger partial charge in [-0.15, -0.1) is 0 Å². The normalized spacial score (nSPS) is 19.0. The Hall–Kier alpha value is -2.54. The molecule has 29 heavy (non-hydrogen) atoms. The number of imidazole rings is 1. The van der Waals surface area contributed by atoms with Crippen LogP contribution >= 0.6 is 0 Å². The van der Waals surface area contributed by atoms with Gasteiger partial charge in [0.05, 0.1) is 19.0 Å². The largest absolute Gasteiger partial charge is 0.494 e. The molecule has 1 heterocycles. The van der Waals surface area contributed by atoms with Gasteiger partial charge in [-0.1, -0.05) is 12.1 Å². The number of rotatable bonds is 9. The van der Waals surface area contributed by atoms with Crippen LogP contribution in [0.3, 0.4) is 0 Å². The van der Waals surface area contributed by atoms with Crippen molar-refractivity contribution in [3.05, 3.63) is 48.5 Å². The van der Waals surface area contributed by atoms with Crippen LogP contribution in [0.15, 0.2) is 43.0 Å². The molecule has 1 aliphatic rings. The number of benzene rings is 1. The number of amides is 2. The summed E-state index contributed by atoms with van der Waals surface area (Å²) in [7, 11) is 0. The van der Waals surface area contributed by atoms with Crippen LogP contribution in [0.1, 0.15) is 44.6 Å². The van der Waals surface area contributed by atoms with E-state index in [2.05, 4.69) is 10.3 Å². The molecule has 1 fully saturated rings. The van der Waals surface area contributed by atoms with E-state index in [9.17, 15) is 9.90 Å². The maximum atomic E-state index is 13.0. The zero-order valence-corrected chi connectivity index (χ0v) is 17.2. The fourth-order valence-corrected chi connectivity index (χ4v) is 3.68. The Bertz CT molecular complexity index is 725. The molecule has 1 aliphatic carbocycles. The van der Waals surface area contributed by atoms with Crippen LogP contribution in [0.25, 0.3) is 0 Å². The van der Waals surface area contributed by atoms with Crippen molar-refractivity contribution in [1.82, 2.24) is 19.8 Å². The van der Waals surface area contributed by atoms with Crippen LogP contribution < -0.4 is 10.1 Å². The molecule has 158 valence electrons. The summed E-state index contributed by atoms with van der Waals surface area (Å²) >= 11 is 0. The predicted octanol–water partition coefficient (Wildman–Crippen LogP) is 3.19. The first kappa shape index (κ1) is 21.2. The first-order valence-electron chi connectivity index (χ1n) is 10.5. The number of aromatic nitrogens is 2. The number of aliphatic hydroxyl groups excluding tert-OH is 1. The Morgan fingerprint density at radius 3 is 2.69 bits per heavy atom. The van der Waals surface area contributed by atoms with Gasteiger partial charge in [0, 0.05) is 38.1 Å². The molecule has 0 saturated heterocycles. The van der Waals surface area contributed by atoms with E-state index >= 15 is 0 Å². The minimum absolute atomic E-state index is 0.0362. The van der Waals surface area contributed by atoms with Crippen molar-refractivity contribution in [2.45, 2.75) is 64.3 Å². The first-order valence-corrected chi connectivity index (χ1v) is 10.5. The number of nitrogens with one attached hydrogen (secondary N) is 1. The Labute approximate surface area is 172 Å². The lowest BCUT2D eigenvalue weighted by Crippen LogP contribution is -2.46. The summed E-state index contributed by atoms with van der Waals surface area (Å²) in [5, 5.41) is 12.9. The quantitative estimate of drug-likeness (QED) is 0.678. The molecule has 3 rings (SSSR count). The third-order valence-electron chi connectivity index (χ3n) is 5.32. The molecule has 0 unspecified atom stereocenters. The van der Waals surface area contributed by atoms with Crippen LogP contribution in [0.2, 0.25) is 0 Å². The first-order chi connectivity index (χ1) is 14.1. The SMILES string of the molecule is CCOc1ccc(CN(CCCn2ccnc2)C(=O)NC2CCC(O)CC2)cc1. The highest BCUT2D eigenvalue weighted by molar-refractivity contribution is 5.74. The number of carbonyl (C=O) groups is 1. The molecule has 0 bridgehead atoms. The molecule has 7 nitrogen and oxygen atoms in total. The van der Waals surface area contributed by atoms with Gasteiger partial charge in [0.2, 0.25) is 0 Å². The van der Waals surface area contributed by atoms with Crippen LogP contribution in [0.4, 0.5) is 4.79 Å². The molecular formula is C22H32N4O3. The van der Waals surface area contributed by atoms with Crippen molar-refractivity contribution in [3.8, 4) is 5.75 Å². The Balaban J connectivity index is 1.59. The smallest absolute Gasteiger partial charge is 0.317 e. The summed E-state index contributed by atoms with van der Waals surface area (Å²) in [5.41, 5.74) is 1.07. The van der Waals surface area contributed by atoms with Crippen molar-refractivity contribution in [3.63, 3.8) is 0 Å². The Morgan fingerprint density at radius 1 is 1.28 bits per heavy atom. The van der Waals surface area contributed by atoms with Gasteiger partial charge in [-0.3, -0.25) is 0 Å². The predicted molar refractivity (Wildman–Crippen MR) is 112 cm³/mol. The number of urea groups is 1. The van der Waals surface area contributed by atoms with Gasteiger partial charge >= 0.3 is 6.03 Å². The summed E-state index contributed by atoms with van der Waals surface area (Å²) in [6.07, 6.45) is 9.30. The number of carbonyl (C=O) groups excluding carboxylic acids is 1. The maximum absolute atomic E-state index is 13.0. The molecule has 0 aliphatic heterocycles. The van der Waals surface area contributed by atoms with Gasteiger partial charge in [-0.25, -0.2) is 9.78 Å². The molecule has 7 heteroatoms. The molecule has 2 N–H and O–H groups in total. The monoisotopic (exact) mass is 400 g/mol. The van der Waals surface area contributed by atoms with Crippen LogP contribution in [0, 0.1) is 0 Å². The third-order valence-corrected chi connectivity index (χ3v) is 5.32. The summed E-state index contributed by atoms with van der Waals surface area (Å²) in [5.74, 6) is 0.841. The molecule has 0 atom stereocenters. The minimum atomic E-state index is -0.224. The molecule has 2 amide bonds. The lowest BCUT2D eigenvalue weighted by atomic mass is 9.93. The maximum Gasteiger partial charge on any atom is 0.317 e. The average molecular weight is 401 g/mol.